The van der Waals surface area contributed by atoms with Gasteiger partial charge in [-0.15, -0.1) is 0 Å². The van der Waals surface area contributed by atoms with Gasteiger partial charge in [-0.25, -0.2) is 4.79 Å². The third kappa shape index (κ3) is 5.48. The standard InChI is InChI=1S/C17H28N4O2/c1-15(16-6-5-7-18-14-16)20-9-11-21(12-10-20)17(22)19-8-3-4-13-23-2/h5-7,14-15H,3-4,8-13H2,1-2H3,(H,19,22). The number of hydrogen-bond acceptors (Lipinski definition) is 4. The molecule has 128 valence electrons. The van der Waals surface area contributed by atoms with Gasteiger partial charge in [-0.1, -0.05) is 6.07 Å². The number of amides is 2. The number of ether oxygens (including phenoxy) is 1. The van der Waals surface area contributed by atoms with E-state index in [2.05, 4.69) is 28.2 Å². The van der Waals surface area contributed by atoms with E-state index in [9.17, 15) is 4.79 Å². The molecule has 2 rings (SSSR count). The van der Waals surface area contributed by atoms with Crippen LogP contribution >= 0.6 is 0 Å². The summed E-state index contributed by atoms with van der Waals surface area (Å²) in [7, 11) is 1.70. The Bertz CT molecular complexity index is 461. The molecule has 1 saturated heterocycles. The van der Waals surface area contributed by atoms with Gasteiger partial charge in [-0.2, -0.15) is 0 Å². The normalized spacial score (nSPS) is 17.0. The van der Waals surface area contributed by atoms with Crippen molar-refractivity contribution in [1.29, 1.82) is 0 Å². The van der Waals surface area contributed by atoms with E-state index in [0.717, 1.165) is 45.6 Å². The highest BCUT2D eigenvalue weighted by molar-refractivity contribution is 5.74. The third-order valence-electron chi connectivity index (χ3n) is 4.37. The molecule has 6 heteroatoms. The number of nitrogens with one attached hydrogen (secondary N) is 1. The quantitative estimate of drug-likeness (QED) is 0.780. The molecule has 0 radical (unpaired) electrons. The van der Waals surface area contributed by atoms with Crippen molar-refractivity contribution >= 4 is 6.03 Å². The number of nitrogens with zero attached hydrogens (tertiary/aromatic N) is 3. The predicted molar refractivity (Wildman–Crippen MR) is 90.3 cm³/mol. The van der Waals surface area contributed by atoms with Crippen molar-refractivity contribution in [1.82, 2.24) is 20.1 Å². The lowest BCUT2D eigenvalue weighted by Crippen LogP contribution is -2.52. The average Bonchev–Trinajstić information content (AvgIpc) is 2.61. The molecular weight excluding hydrogens is 292 g/mol. The monoisotopic (exact) mass is 320 g/mol. The Hall–Kier alpha value is -1.66. The summed E-state index contributed by atoms with van der Waals surface area (Å²) in [5.41, 5.74) is 1.23. The molecule has 0 spiro atoms. The van der Waals surface area contributed by atoms with Crippen LogP contribution in [0, 0.1) is 0 Å². The molecule has 0 aliphatic carbocycles. The molecule has 1 aliphatic heterocycles. The Kier molecular flexibility index (Phi) is 7.29. The van der Waals surface area contributed by atoms with Crippen LogP contribution in [0.1, 0.15) is 31.4 Å². The number of carbonyl (C=O) groups excluding carboxylic acids is 1. The zero-order valence-electron chi connectivity index (χ0n) is 14.2. The Balaban J connectivity index is 1.70. The lowest BCUT2D eigenvalue weighted by molar-refractivity contribution is 0.113. The summed E-state index contributed by atoms with van der Waals surface area (Å²) < 4.78 is 5.00. The zero-order valence-corrected chi connectivity index (χ0v) is 14.2. The summed E-state index contributed by atoms with van der Waals surface area (Å²) in [6.45, 7) is 7.00. The molecule has 2 amide bonds. The molecule has 0 bridgehead atoms. The lowest BCUT2D eigenvalue weighted by Gasteiger charge is -2.38. The first-order valence-corrected chi connectivity index (χ1v) is 8.38. The van der Waals surface area contributed by atoms with Crippen LogP contribution < -0.4 is 5.32 Å². The summed E-state index contributed by atoms with van der Waals surface area (Å²) in [4.78, 5) is 20.6. The Morgan fingerprint density at radius 1 is 1.35 bits per heavy atom. The first-order valence-electron chi connectivity index (χ1n) is 8.38. The number of unbranched alkanes of at least 4 members (excludes halogenated alkanes) is 1. The van der Waals surface area contributed by atoms with Crippen LogP contribution in [0.5, 0.6) is 0 Å². The molecule has 1 fully saturated rings. The van der Waals surface area contributed by atoms with E-state index < -0.39 is 0 Å². The number of methoxy groups -OCH3 is 1. The van der Waals surface area contributed by atoms with Crippen molar-refractivity contribution in [2.24, 2.45) is 0 Å². The molecule has 1 N–H and O–H groups in total. The number of carbonyl (C=O) groups is 1. The van der Waals surface area contributed by atoms with E-state index in [1.807, 2.05) is 17.2 Å². The maximum Gasteiger partial charge on any atom is 0.317 e. The molecular formula is C17H28N4O2. The Labute approximate surface area is 138 Å². The summed E-state index contributed by atoms with van der Waals surface area (Å²) in [5.74, 6) is 0. The second-order valence-corrected chi connectivity index (χ2v) is 5.92. The van der Waals surface area contributed by atoms with Gasteiger partial charge in [0.05, 0.1) is 0 Å². The summed E-state index contributed by atoms with van der Waals surface area (Å²) >= 11 is 0. The van der Waals surface area contributed by atoms with E-state index in [-0.39, 0.29) is 6.03 Å². The van der Waals surface area contributed by atoms with Crippen molar-refractivity contribution in [2.75, 3.05) is 46.4 Å². The van der Waals surface area contributed by atoms with Crippen LogP contribution in [0.15, 0.2) is 24.5 Å². The highest BCUT2D eigenvalue weighted by Crippen LogP contribution is 2.20. The molecule has 1 aromatic heterocycles. The molecule has 0 aromatic carbocycles. The van der Waals surface area contributed by atoms with Crippen LogP contribution in [-0.2, 0) is 4.74 Å². The first-order chi connectivity index (χ1) is 11.2. The number of urea groups is 1. The van der Waals surface area contributed by atoms with E-state index >= 15 is 0 Å². The smallest absolute Gasteiger partial charge is 0.317 e. The summed E-state index contributed by atoms with van der Waals surface area (Å²) in [5, 5.41) is 2.99. The van der Waals surface area contributed by atoms with Crippen molar-refractivity contribution in [3.63, 3.8) is 0 Å². The van der Waals surface area contributed by atoms with Gasteiger partial charge in [-0.05, 0) is 31.4 Å². The molecule has 1 atom stereocenters. The van der Waals surface area contributed by atoms with Gasteiger partial charge in [0, 0.05) is 64.9 Å². The highest BCUT2D eigenvalue weighted by atomic mass is 16.5. The molecule has 2 heterocycles. The van der Waals surface area contributed by atoms with Gasteiger partial charge in [0.25, 0.3) is 0 Å². The van der Waals surface area contributed by atoms with E-state index in [0.29, 0.717) is 12.6 Å². The highest BCUT2D eigenvalue weighted by Gasteiger charge is 2.24. The topological polar surface area (TPSA) is 57.7 Å². The first kappa shape index (κ1) is 17.7. The van der Waals surface area contributed by atoms with Gasteiger partial charge in [0.1, 0.15) is 0 Å². The fraction of sp³-hybridized carbons (Fsp3) is 0.647. The van der Waals surface area contributed by atoms with Crippen LogP contribution in [0.4, 0.5) is 4.79 Å². The minimum absolute atomic E-state index is 0.0519. The van der Waals surface area contributed by atoms with Crippen molar-refractivity contribution < 1.29 is 9.53 Å². The predicted octanol–water partition coefficient (Wildman–Crippen LogP) is 1.90. The number of piperazine rings is 1. The molecule has 23 heavy (non-hydrogen) atoms. The van der Waals surface area contributed by atoms with Gasteiger partial charge in [0.15, 0.2) is 0 Å². The number of hydrogen-bond donors (Lipinski definition) is 1. The van der Waals surface area contributed by atoms with Gasteiger partial charge in [0.2, 0.25) is 0 Å². The third-order valence-corrected chi connectivity index (χ3v) is 4.37. The number of aromatic nitrogens is 1. The SMILES string of the molecule is COCCCCNC(=O)N1CCN(C(C)c2cccnc2)CC1. The van der Waals surface area contributed by atoms with Gasteiger partial charge < -0.3 is 15.0 Å². The Morgan fingerprint density at radius 2 is 2.13 bits per heavy atom. The second kappa shape index (κ2) is 9.47. The maximum atomic E-state index is 12.1. The van der Waals surface area contributed by atoms with Gasteiger partial charge in [-0.3, -0.25) is 9.88 Å². The van der Waals surface area contributed by atoms with E-state index in [1.165, 1.54) is 5.56 Å². The van der Waals surface area contributed by atoms with Crippen LogP contribution in [0.3, 0.4) is 0 Å². The maximum absolute atomic E-state index is 12.1. The Morgan fingerprint density at radius 3 is 2.78 bits per heavy atom. The minimum atomic E-state index is 0.0519. The largest absolute Gasteiger partial charge is 0.385 e. The average molecular weight is 320 g/mol. The fourth-order valence-corrected chi connectivity index (χ4v) is 2.82. The molecule has 1 unspecified atom stereocenters. The lowest BCUT2D eigenvalue weighted by atomic mass is 10.1. The van der Waals surface area contributed by atoms with Crippen LogP contribution in [-0.4, -0.2) is 67.3 Å². The summed E-state index contributed by atoms with van der Waals surface area (Å²) in [6.07, 6.45) is 5.65. The number of rotatable bonds is 7. The van der Waals surface area contributed by atoms with Gasteiger partial charge >= 0.3 is 6.03 Å². The van der Waals surface area contributed by atoms with E-state index in [1.54, 1.807) is 13.3 Å². The van der Waals surface area contributed by atoms with Crippen LogP contribution in [0.2, 0.25) is 0 Å². The molecule has 1 aliphatic rings. The molecule has 0 saturated carbocycles. The van der Waals surface area contributed by atoms with Crippen LogP contribution in [0.25, 0.3) is 0 Å². The van der Waals surface area contributed by atoms with Crippen molar-refractivity contribution in [3.8, 4) is 0 Å². The number of pyridine rings is 1. The fourth-order valence-electron chi connectivity index (χ4n) is 2.82. The second-order valence-electron chi connectivity index (χ2n) is 5.92. The minimum Gasteiger partial charge on any atom is -0.385 e. The molecule has 6 nitrogen and oxygen atoms in total. The van der Waals surface area contributed by atoms with Crippen molar-refractivity contribution in [3.05, 3.63) is 30.1 Å². The molecule has 1 aromatic rings. The van der Waals surface area contributed by atoms with E-state index in [4.69, 9.17) is 4.74 Å². The van der Waals surface area contributed by atoms with Crippen molar-refractivity contribution in [2.45, 2.75) is 25.8 Å². The summed E-state index contributed by atoms with van der Waals surface area (Å²) in [6, 6.07) is 4.47. The zero-order chi connectivity index (χ0) is 16.5.